The second kappa shape index (κ2) is 8.23. The van der Waals surface area contributed by atoms with Gasteiger partial charge in [0.15, 0.2) is 0 Å². The molecule has 2 saturated heterocycles. The molecule has 0 aromatic heterocycles. The first-order chi connectivity index (χ1) is 11.6. The van der Waals surface area contributed by atoms with Gasteiger partial charge in [-0.05, 0) is 37.0 Å². The van der Waals surface area contributed by atoms with E-state index in [0.717, 1.165) is 73.9 Å². The highest BCUT2D eigenvalue weighted by Crippen LogP contribution is 2.16. The van der Waals surface area contributed by atoms with E-state index in [2.05, 4.69) is 16.3 Å². The quantitative estimate of drug-likeness (QED) is 0.893. The van der Waals surface area contributed by atoms with Gasteiger partial charge in [-0.2, -0.15) is 0 Å². The molecule has 5 nitrogen and oxygen atoms in total. The number of benzene rings is 1. The molecule has 2 fully saturated rings. The Kier molecular flexibility index (Phi) is 6.03. The van der Waals surface area contributed by atoms with E-state index in [-0.39, 0.29) is 11.9 Å². The molecular weight excluding hydrogens is 324 g/mol. The van der Waals surface area contributed by atoms with Crippen molar-refractivity contribution in [2.24, 2.45) is 0 Å². The molecule has 0 unspecified atom stereocenters. The smallest absolute Gasteiger partial charge is 0.251 e. The number of rotatable bonds is 4. The predicted molar refractivity (Wildman–Crippen MR) is 95.6 cm³/mol. The number of carbonyl (C=O) groups is 1. The summed E-state index contributed by atoms with van der Waals surface area (Å²) < 4.78 is 16.8. The van der Waals surface area contributed by atoms with Gasteiger partial charge in [0.1, 0.15) is 0 Å². The molecular formula is C18H26N2O3S. The summed E-state index contributed by atoms with van der Waals surface area (Å²) in [5.74, 6) is 1.52. The van der Waals surface area contributed by atoms with Crippen LogP contribution in [0.1, 0.15) is 34.3 Å². The minimum atomic E-state index is -0.655. The molecule has 24 heavy (non-hydrogen) atoms. The van der Waals surface area contributed by atoms with Crippen LogP contribution in [0.5, 0.6) is 0 Å². The lowest BCUT2D eigenvalue weighted by Crippen LogP contribution is -2.39. The first-order valence-electron chi connectivity index (χ1n) is 8.67. The van der Waals surface area contributed by atoms with Crippen molar-refractivity contribution in [2.45, 2.75) is 32.4 Å². The number of aryl methyl sites for hydroxylation is 1. The van der Waals surface area contributed by atoms with Crippen LogP contribution in [-0.2, 0) is 22.1 Å². The fraction of sp³-hybridized carbons (Fsp3) is 0.611. The summed E-state index contributed by atoms with van der Waals surface area (Å²) >= 11 is 0. The Morgan fingerprint density at radius 2 is 2.00 bits per heavy atom. The van der Waals surface area contributed by atoms with Crippen LogP contribution in [-0.4, -0.2) is 58.9 Å². The summed E-state index contributed by atoms with van der Waals surface area (Å²) in [6.07, 6.45) is 1.77. The average molecular weight is 350 g/mol. The largest absolute Gasteiger partial charge is 0.381 e. The third-order valence-corrected chi connectivity index (χ3v) is 6.06. The molecule has 1 aromatic carbocycles. The van der Waals surface area contributed by atoms with Crippen LogP contribution in [0.25, 0.3) is 0 Å². The van der Waals surface area contributed by atoms with Crippen molar-refractivity contribution in [1.29, 1.82) is 0 Å². The second-order valence-corrected chi connectivity index (χ2v) is 8.33. The van der Waals surface area contributed by atoms with Crippen LogP contribution in [0.2, 0.25) is 0 Å². The summed E-state index contributed by atoms with van der Waals surface area (Å²) in [5, 5.41) is 3.14. The van der Waals surface area contributed by atoms with E-state index in [1.807, 2.05) is 19.1 Å². The summed E-state index contributed by atoms with van der Waals surface area (Å²) in [4.78, 5) is 14.9. The molecule has 0 aliphatic carbocycles. The van der Waals surface area contributed by atoms with E-state index >= 15 is 0 Å². The molecule has 0 radical (unpaired) electrons. The van der Waals surface area contributed by atoms with Gasteiger partial charge in [0, 0.05) is 66.8 Å². The van der Waals surface area contributed by atoms with Crippen molar-refractivity contribution in [3.63, 3.8) is 0 Å². The van der Waals surface area contributed by atoms with Crippen LogP contribution in [0.3, 0.4) is 0 Å². The maximum atomic E-state index is 12.6. The number of ether oxygens (including phenoxy) is 1. The molecule has 1 aromatic rings. The molecule has 0 spiro atoms. The monoisotopic (exact) mass is 350 g/mol. The normalized spacial score (nSPS) is 20.9. The van der Waals surface area contributed by atoms with Gasteiger partial charge in [-0.3, -0.25) is 13.9 Å². The molecule has 2 aliphatic rings. The zero-order valence-corrected chi connectivity index (χ0v) is 15.1. The molecule has 6 heteroatoms. The van der Waals surface area contributed by atoms with Crippen LogP contribution >= 0.6 is 0 Å². The molecule has 0 atom stereocenters. The SMILES string of the molecule is Cc1ccc(CN2CCS(=O)CC2)cc1C(=O)NC1CCOCC1. The van der Waals surface area contributed by atoms with Crippen molar-refractivity contribution >= 4 is 16.7 Å². The van der Waals surface area contributed by atoms with Gasteiger partial charge in [-0.25, -0.2) is 0 Å². The van der Waals surface area contributed by atoms with E-state index < -0.39 is 10.8 Å². The third kappa shape index (κ3) is 4.65. The van der Waals surface area contributed by atoms with Crippen molar-refractivity contribution in [2.75, 3.05) is 37.8 Å². The summed E-state index contributed by atoms with van der Waals surface area (Å²) in [6.45, 7) is 5.97. The van der Waals surface area contributed by atoms with Crippen LogP contribution in [0, 0.1) is 6.92 Å². The van der Waals surface area contributed by atoms with Crippen molar-refractivity contribution in [3.8, 4) is 0 Å². The minimum absolute atomic E-state index is 0.0148. The lowest BCUT2D eigenvalue weighted by molar-refractivity contribution is 0.0696. The molecule has 2 heterocycles. The average Bonchev–Trinajstić information content (AvgIpc) is 2.59. The molecule has 132 valence electrons. The fourth-order valence-corrected chi connectivity index (χ4v) is 4.34. The highest BCUT2D eigenvalue weighted by atomic mass is 32.2. The Balaban J connectivity index is 1.64. The van der Waals surface area contributed by atoms with Gasteiger partial charge >= 0.3 is 0 Å². The summed E-state index contributed by atoms with van der Waals surface area (Å²) in [5.41, 5.74) is 2.91. The number of nitrogens with one attached hydrogen (secondary N) is 1. The summed E-state index contributed by atoms with van der Waals surface area (Å²) in [7, 11) is -0.655. The van der Waals surface area contributed by atoms with Crippen molar-refractivity contribution in [1.82, 2.24) is 10.2 Å². The van der Waals surface area contributed by atoms with Gasteiger partial charge < -0.3 is 10.1 Å². The van der Waals surface area contributed by atoms with Gasteiger partial charge in [-0.1, -0.05) is 12.1 Å². The Morgan fingerprint density at radius 1 is 1.29 bits per heavy atom. The van der Waals surface area contributed by atoms with Gasteiger partial charge in [-0.15, -0.1) is 0 Å². The standard InChI is InChI=1S/C18H26N2O3S/c1-14-2-3-15(13-20-6-10-24(22)11-7-20)12-17(14)18(21)19-16-4-8-23-9-5-16/h2-3,12,16H,4-11,13H2,1H3,(H,19,21). The summed E-state index contributed by atoms with van der Waals surface area (Å²) in [6, 6.07) is 6.34. The zero-order valence-electron chi connectivity index (χ0n) is 14.3. The van der Waals surface area contributed by atoms with E-state index in [1.54, 1.807) is 0 Å². The Morgan fingerprint density at radius 3 is 2.71 bits per heavy atom. The maximum Gasteiger partial charge on any atom is 0.251 e. The van der Waals surface area contributed by atoms with Crippen LogP contribution in [0.15, 0.2) is 18.2 Å². The molecule has 2 aliphatic heterocycles. The second-order valence-electron chi connectivity index (χ2n) is 6.63. The highest BCUT2D eigenvalue weighted by Gasteiger charge is 2.19. The highest BCUT2D eigenvalue weighted by molar-refractivity contribution is 7.85. The molecule has 3 rings (SSSR count). The maximum absolute atomic E-state index is 12.6. The first kappa shape index (κ1) is 17.6. The van der Waals surface area contributed by atoms with Gasteiger partial charge in [0.05, 0.1) is 0 Å². The fourth-order valence-electron chi connectivity index (χ4n) is 3.21. The number of hydrogen-bond acceptors (Lipinski definition) is 4. The van der Waals surface area contributed by atoms with E-state index in [9.17, 15) is 9.00 Å². The lowest BCUT2D eigenvalue weighted by Gasteiger charge is -2.26. The first-order valence-corrected chi connectivity index (χ1v) is 10.2. The number of carbonyl (C=O) groups excluding carboxylic acids is 1. The van der Waals surface area contributed by atoms with Crippen LogP contribution in [0.4, 0.5) is 0 Å². The Bertz CT molecular complexity index is 604. The molecule has 0 saturated carbocycles. The van der Waals surface area contributed by atoms with Crippen molar-refractivity contribution < 1.29 is 13.7 Å². The number of hydrogen-bond donors (Lipinski definition) is 1. The topological polar surface area (TPSA) is 58.6 Å². The molecule has 1 amide bonds. The van der Waals surface area contributed by atoms with Gasteiger partial charge in [0.2, 0.25) is 0 Å². The zero-order chi connectivity index (χ0) is 16.9. The van der Waals surface area contributed by atoms with Gasteiger partial charge in [0.25, 0.3) is 5.91 Å². The lowest BCUT2D eigenvalue weighted by atomic mass is 10.0. The van der Waals surface area contributed by atoms with Crippen LogP contribution < -0.4 is 5.32 Å². The minimum Gasteiger partial charge on any atom is -0.381 e. The Labute approximate surface area is 146 Å². The number of nitrogens with zero attached hydrogens (tertiary/aromatic N) is 1. The Hall–Kier alpha value is -1.24. The van der Waals surface area contributed by atoms with Crippen molar-refractivity contribution in [3.05, 3.63) is 34.9 Å². The van der Waals surface area contributed by atoms with E-state index in [1.165, 1.54) is 0 Å². The predicted octanol–water partition coefficient (Wildman–Crippen LogP) is 1.47. The van der Waals surface area contributed by atoms with E-state index in [4.69, 9.17) is 4.74 Å². The van der Waals surface area contributed by atoms with E-state index in [0.29, 0.717) is 0 Å². The molecule has 1 N–H and O–H groups in total. The molecule has 0 bridgehead atoms. The third-order valence-electron chi connectivity index (χ3n) is 4.78. The number of amides is 1.